The lowest BCUT2D eigenvalue weighted by Crippen LogP contribution is -1.91. The van der Waals surface area contributed by atoms with Crippen LogP contribution in [0.1, 0.15) is 0 Å². The molecule has 1 aromatic carbocycles. The molecule has 0 spiro atoms. The van der Waals surface area contributed by atoms with Crippen molar-refractivity contribution in [3.63, 3.8) is 0 Å². The van der Waals surface area contributed by atoms with Crippen LogP contribution in [0.15, 0.2) is 24.3 Å². The predicted octanol–water partition coefficient (Wildman–Crippen LogP) is 1.49. The second-order valence-electron chi connectivity index (χ2n) is 1.68. The molecule has 10 heavy (non-hydrogen) atoms. The molecule has 0 saturated carbocycles. The number of rotatable bonds is 0. The molecule has 0 saturated heterocycles. The Balaban J connectivity index is 0.000000148. The van der Waals surface area contributed by atoms with Gasteiger partial charge in [-0.1, -0.05) is 6.07 Å². The third-order valence-electron chi connectivity index (χ3n) is 1.04. The number of benzene rings is 1. The average Bonchev–Trinajstić information content (AvgIpc) is 1.90. The molecule has 2 bridgehead atoms. The van der Waals surface area contributed by atoms with E-state index in [1.165, 1.54) is 0 Å². The molecular formula is C7H6O3. The summed E-state index contributed by atoms with van der Waals surface area (Å²) in [6.07, 6.45) is 0. The van der Waals surface area contributed by atoms with E-state index in [2.05, 4.69) is 0 Å². The molecule has 2 aliphatic rings. The molecule has 52 valence electrons. The molecule has 2 aliphatic heterocycles. The third kappa shape index (κ3) is 1.25. The summed E-state index contributed by atoms with van der Waals surface area (Å²) in [5.41, 5.74) is 0. The van der Waals surface area contributed by atoms with Crippen molar-refractivity contribution < 1.29 is 14.6 Å². The number of hydrogen-bond acceptors (Lipinski definition) is 2. The Hall–Kier alpha value is -1.51. The Labute approximate surface area is 57.9 Å². The fourth-order valence-corrected chi connectivity index (χ4v) is 0.679. The van der Waals surface area contributed by atoms with Crippen molar-refractivity contribution in [2.75, 3.05) is 0 Å². The molecule has 3 rings (SSSR count). The number of carbonyl (C=O) groups is 1. The average molecular weight is 138 g/mol. The van der Waals surface area contributed by atoms with Gasteiger partial charge in [-0.15, -0.1) is 0 Å². The Morgan fingerprint density at radius 2 is 1.80 bits per heavy atom. The van der Waals surface area contributed by atoms with Gasteiger partial charge in [0.25, 0.3) is 6.47 Å². The molecular weight excluding hydrogens is 132 g/mol. The molecule has 0 aliphatic carbocycles. The van der Waals surface area contributed by atoms with Crippen molar-refractivity contribution in [2.24, 2.45) is 0 Å². The highest BCUT2D eigenvalue weighted by atomic mass is 16.5. The van der Waals surface area contributed by atoms with Gasteiger partial charge in [0.1, 0.15) is 11.5 Å². The zero-order chi connectivity index (χ0) is 7.40. The lowest BCUT2D eigenvalue weighted by Gasteiger charge is -2.13. The van der Waals surface area contributed by atoms with Gasteiger partial charge < -0.3 is 9.84 Å². The Kier molecular flexibility index (Phi) is 1.89. The quantitative estimate of drug-likeness (QED) is 0.561. The van der Waals surface area contributed by atoms with Crippen LogP contribution in [0.3, 0.4) is 0 Å². The maximum Gasteiger partial charge on any atom is 0.290 e. The van der Waals surface area contributed by atoms with E-state index < -0.39 is 0 Å². The standard InChI is InChI=1S/C6H4O.CH2O2/c1-2-5-4-6(3-1)7-5;2-1-3/h1-4H;1H,(H,2,3). The maximum absolute atomic E-state index is 8.36. The summed E-state index contributed by atoms with van der Waals surface area (Å²) >= 11 is 0. The van der Waals surface area contributed by atoms with Crippen LogP contribution in [0.25, 0.3) is 0 Å². The van der Waals surface area contributed by atoms with Gasteiger partial charge in [-0.25, -0.2) is 0 Å². The van der Waals surface area contributed by atoms with Gasteiger partial charge in [0.2, 0.25) is 0 Å². The van der Waals surface area contributed by atoms with E-state index in [0.717, 1.165) is 11.5 Å². The minimum atomic E-state index is -0.250. The lowest BCUT2D eigenvalue weighted by molar-refractivity contribution is -0.122. The number of ether oxygens (including phenoxy) is 1. The molecule has 1 N–H and O–H groups in total. The fraction of sp³-hybridized carbons (Fsp3) is 0. The number of hydrogen-bond donors (Lipinski definition) is 1. The maximum atomic E-state index is 8.36. The van der Waals surface area contributed by atoms with Crippen molar-refractivity contribution in [2.45, 2.75) is 0 Å². The summed E-state index contributed by atoms with van der Waals surface area (Å²) in [7, 11) is 0. The van der Waals surface area contributed by atoms with Crippen LogP contribution >= 0.6 is 0 Å². The Morgan fingerprint density at radius 1 is 1.40 bits per heavy atom. The zero-order valence-electron chi connectivity index (χ0n) is 5.15. The molecule has 2 heterocycles. The molecule has 3 nitrogen and oxygen atoms in total. The summed E-state index contributed by atoms with van der Waals surface area (Å²) in [5, 5.41) is 6.89. The third-order valence-corrected chi connectivity index (χ3v) is 1.04. The molecule has 0 radical (unpaired) electrons. The van der Waals surface area contributed by atoms with E-state index in [-0.39, 0.29) is 6.47 Å². The molecule has 0 amide bonds. The second-order valence-corrected chi connectivity index (χ2v) is 1.68. The largest absolute Gasteiger partial charge is 0.483 e. The van der Waals surface area contributed by atoms with Crippen molar-refractivity contribution in [1.82, 2.24) is 0 Å². The summed E-state index contributed by atoms with van der Waals surface area (Å²) in [5.74, 6) is 1.97. The zero-order valence-corrected chi connectivity index (χ0v) is 5.15. The summed E-state index contributed by atoms with van der Waals surface area (Å²) in [4.78, 5) is 8.36. The van der Waals surface area contributed by atoms with Gasteiger partial charge in [-0.3, -0.25) is 4.79 Å². The van der Waals surface area contributed by atoms with Gasteiger partial charge in [0.05, 0.1) is 0 Å². The topological polar surface area (TPSA) is 46.5 Å². The van der Waals surface area contributed by atoms with E-state index in [1.54, 1.807) is 0 Å². The fourth-order valence-electron chi connectivity index (χ4n) is 0.679. The minimum absolute atomic E-state index is 0.250. The van der Waals surface area contributed by atoms with E-state index in [1.807, 2.05) is 24.3 Å². The van der Waals surface area contributed by atoms with Crippen LogP contribution in [0.4, 0.5) is 0 Å². The highest BCUT2D eigenvalue weighted by Crippen LogP contribution is 2.32. The first-order valence-electron chi connectivity index (χ1n) is 2.72. The van der Waals surface area contributed by atoms with Crippen LogP contribution in [0, 0.1) is 0 Å². The van der Waals surface area contributed by atoms with Crippen LogP contribution in [-0.4, -0.2) is 11.6 Å². The predicted molar refractivity (Wildman–Crippen MR) is 35.2 cm³/mol. The SMILES string of the molecule is O=CO.c1cc2cc(c1)O2. The molecule has 0 aromatic heterocycles. The van der Waals surface area contributed by atoms with Gasteiger partial charge >= 0.3 is 0 Å². The Bertz CT molecular complexity index is 207. The van der Waals surface area contributed by atoms with Gasteiger partial charge in [-0.2, -0.15) is 0 Å². The summed E-state index contributed by atoms with van der Waals surface area (Å²) in [6, 6.07) is 7.86. The molecule has 3 heteroatoms. The van der Waals surface area contributed by atoms with Gasteiger partial charge in [0.15, 0.2) is 0 Å². The van der Waals surface area contributed by atoms with E-state index >= 15 is 0 Å². The van der Waals surface area contributed by atoms with Crippen molar-refractivity contribution in [3.05, 3.63) is 24.3 Å². The van der Waals surface area contributed by atoms with Crippen LogP contribution < -0.4 is 4.74 Å². The normalized spacial score (nSPS) is 9.60. The second kappa shape index (κ2) is 2.87. The first-order chi connectivity index (χ1) is 4.86. The van der Waals surface area contributed by atoms with E-state index in [0.29, 0.717) is 0 Å². The number of carboxylic acid groups (broad SMARTS) is 1. The molecule has 0 unspecified atom stereocenters. The van der Waals surface area contributed by atoms with Crippen molar-refractivity contribution >= 4 is 6.47 Å². The lowest BCUT2D eigenvalue weighted by atomic mass is 10.2. The smallest absolute Gasteiger partial charge is 0.290 e. The van der Waals surface area contributed by atoms with E-state index in [9.17, 15) is 0 Å². The molecule has 0 fully saturated rings. The van der Waals surface area contributed by atoms with Crippen LogP contribution in [0.2, 0.25) is 0 Å². The van der Waals surface area contributed by atoms with Gasteiger partial charge in [0, 0.05) is 6.07 Å². The molecule has 0 atom stereocenters. The summed E-state index contributed by atoms with van der Waals surface area (Å²) < 4.78 is 5.01. The first kappa shape index (κ1) is 6.61. The Morgan fingerprint density at radius 3 is 1.90 bits per heavy atom. The highest BCUT2D eigenvalue weighted by Gasteiger charge is 2.05. The number of fused-ring (bicyclic) bond motifs is 2. The van der Waals surface area contributed by atoms with Crippen LogP contribution in [0.5, 0.6) is 11.5 Å². The van der Waals surface area contributed by atoms with Crippen molar-refractivity contribution in [1.29, 1.82) is 0 Å². The molecule has 1 aromatic rings. The van der Waals surface area contributed by atoms with Gasteiger partial charge in [-0.05, 0) is 12.1 Å². The minimum Gasteiger partial charge on any atom is -0.483 e. The first-order valence-corrected chi connectivity index (χ1v) is 2.72. The highest BCUT2D eigenvalue weighted by molar-refractivity contribution is 5.43. The van der Waals surface area contributed by atoms with E-state index in [4.69, 9.17) is 14.6 Å². The monoisotopic (exact) mass is 138 g/mol. The summed E-state index contributed by atoms with van der Waals surface area (Å²) in [6.45, 7) is -0.250. The van der Waals surface area contributed by atoms with Crippen molar-refractivity contribution in [3.8, 4) is 11.5 Å². The van der Waals surface area contributed by atoms with Crippen LogP contribution in [-0.2, 0) is 4.79 Å².